The van der Waals surface area contributed by atoms with Crippen molar-refractivity contribution in [3.63, 3.8) is 0 Å². The molecule has 3 nitrogen and oxygen atoms in total. The Balaban J connectivity index is 2.65. The minimum Gasteiger partial charge on any atom is -0.496 e. The summed E-state index contributed by atoms with van der Waals surface area (Å²) in [6.07, 6.45) is 0. The number of ether oxygens (including phenoxy) is 1. The van der Waals surface area contributed by atoms with E-state index in [2.05, 4.69) is 33.9 Å². The molecule has 0 aliphatic carbocycles. The van der Waals surface area contributed by atoms with Gasteiger partial charge in [0.15, 0.2) is 0 Å². The number of anilines is 1. The maximum atomic E-state index is 5.76. The van der Waals surface area contributed by atoms with E-state index in [1.54, 1.807) is 7.11 Å². The maximum Gasteiger partial charge on any atom is 0.149 e. The van der Waals surface area contributed by atoms with Crippen LogP contribution in [0, 0.1) is 13.8 Å². The van der Waals surface area contributed by atoms with Gasteiger partial charge in [-0.3, -0.25) is 0 Å². The summed E-state index contributed by atoms with van der Waals surface area (Å²) in [6, 6.07) is 4.12. The van der Waals surface area contributed by atoms with E-state index in [0.717, 1.165) is 25.7 Å². The molecule has 0 fully saturated rings. The molecule has 17 heavy (non-hydrogen) atoms. The summed E-state index contributed by atoms with van der Waals surface area (Å²) >= 11 is 4.91. The Labute approximate surface area is 113 Å². The van der Waals surface area contributed by atoms with Crippen molar-refractivity contribution in [2.75, 3.05) is 12.8 Å². The predicted octanol–water partition coefficient (Wildman–Crippen LogP) is 3.78. The summed E-state index contributed by atoms with van der Waals surface area (Å²) in [6.45, 7) is 4.10. The second-order valence-electron chi connectivity index (χ2n) is 3.84. The number of nitrogens with two attached hydrogens (primary N) is 1. The lowest BCUT2D eigenvalue weighted by Gasteiger charge is -2.10. The first-order chi connectivity index (χ1) is 8.02. The van der Waals surface area contributed by atoms with Gasteiger partial charge < -0.3 is 10.5 Å². The van der Waals surface area contributed by atoms with Gasteiger partial charge in [0.05, 0.1) is 12.7 Å². The number of hydrogen-bond acceptors (Lipinski definition) is 4. The molecule has 5 heteroatoms. The van der Waals surface area contributed by atoms with Gasteiger partial charge in [-0.1, -0.05) is 6.07 Å². The largest absolute Gasteiger partial charge is 0.496 e. The van der Waals surface area contributed by atoms with Crippen LogP contribution < -0.4 is 10.5 Å². The molecule has 0 saturated carbocycles. The number of nitrogen functional groups attached to an aromatic ring is 1. The van der Waals surface area contributed by atoms with Crippen molar-refractivity contribution in [2.24, 2.45) is 0 Å². The van der Waals surface area contributed by atoms with E-state index in [0.29, 0.717) is 5.82 Å². The number of hydrogen-bond donors (Lipinski definition) is 1. The molecule has 0 saturated heterocycles. The molecule has 0 aliphatic heterocycles. The molecule has 1 heterocycles. The zero-order valence-corrected chi connectivity index (χ0v) is 12.3. The van der Waals surface area contributed by atoms with Gasteiger partial charge in [-0.05, 0) is 47.0 Å². The lowest BCUT2D eigenvalue weighted by molar-refractivity contribution is 0.416. The third-order valence-corrected chi connectivity index (χ3v) is 4.26. The van der Waals surface area contributed by atoms with Gasteiger partial charge in [0.1, 0.15) is 20.4 Å². The number of methoxy groups -OCH3 is 1. The van der Waals surface area contributed by atoms with E-state index in [1.165, 1.54) is 16.9 Å². The van der Waals surface area contributed by atoms with Crippen LogP contribution in [0.4, 0.5) is 5.82 Å². The van der Waals surface area contributed by atoms with E-state index in [4.69, 9.17) is 10.5 Å². The summed E-state index contributed by atoms with van der Waals surface area (Å²) < 4.78 is 6.28. The monoisotopic (exact) mass is 312 g/mol. The Morgan fingerprint density at radius 1 is 1.35 bits per heavy atom. The Bertz CT molecular complexity index is 546. The number of nitrogens with zero attached hydrogens (tertiary/aromatic N) is 1. The fourth-order valence-corrected chi connectivity index (χ4v) is 3.16. The third-order valence-electron chi connectivity index (χ3n) is 2.49. The number of halogens is 1. The number of aryl methyl sites for hydroxylation is 2. The summed E-state index contributed by atoms with van der Waals surface area (Å²) in [5.74, 6) is 1.36. The first-order valence-electron chi connectivity index (χ1n) is 5.10. The minimum absolute atomic E-state index is 0.520. The fraction of sp³-hybridized carbons (Fsp3) is 0.250. The number of benzene rings is 1. The highest BCUT2D eigenvalue weighted by Crippen LogP contribution is 2.40. The molecule has 1 aromatic carbocycles. The van der Waals surface area contributed by atoms with Crippen LogP contribution in [0.2, 0.25) is 0 Å². The topological polar surface area (TPSA) is 48.1 Å². The van der Waals surface area contributed by atoms with Crippen molar-refractivity contribution in [2.45, 2.75) is 13.8 Å². The van der Waals surface area contributed by atoms with E-state index >= 15 is 0 Å². The van der Waals surface area contributed by atoms with Crippen molar-refractivity contribution < 1.29 is 4.74 Å². The van der Waals surface area contributed by atoms with Gasteiger partial charge in [-0.25, -0.2) is 4.98 Å². The number of aromatic nitrogens is 1. The fourth-order valence-electron chi connectivity index (χ4n) is 1.78. The zero-order chi connectivity index (χ0) is 12.6. The minimum atomic E-state index is 0.520. The third kappa shape index (κ3) is 2.30. The van der Waals surface area contributed by atoms with Gasteiger partial charge in [-0.15, -0.1) is 11.3 Å². The highest BCUT2D eigenvalue weighted by Gasteiger charge is 2.15. The molecule has 0 aliphatic rings. The maximum absolute atomic E-state index is 5.76. The summed E-state index contributed by atoms with van der Waals surface area (Å²) in [7, 11) is 1.67. The van der Waals surface area contributed by atoms with Crippen LogP contribution in [-0.4, -0.2) is 12.1 Å². The van der Waals surface area contributed by atoms with Gasteiger partial charge >= 0.3 is 0 Å². The molecular weight excluding hydrogens is 300 g/mol. The van der Waals surface area contributed by atoms with Crippen molar-refractivity contribution in [1.29, 1.82) is 0 Å². The van der Waals surface area contributed by atoms with Gasteiger partial charge in [-0.2, -0.15) is 0 Å². The normalized spacial score (nSPS) is 10.6. The van der Waals surface area contributed by atoms with E-state index in [-0.39, 0.29) is 0 Å². The van der Waals surface area contributed by atoms with E-state index in [9.17, 15) is 0 Å². The molecule has 0 unspecified atom stereocenters. The molecule has 2 N–H and O–H groups in total. The highest BCUT2D eigenvalue weighted by atomic mass is 79.9. The smallest absolute Gasteiger partial charge is 0.149 e. The molecular formula is C12H13BrN2OS. The van der Waals surface area contributed by atoms with Crippen molar-refractivity contribution in [3.8, 4) is 16.3 Å². The van der Waals surface area contributed by atoms with Crippen LogP contribution >= 0.6 is 27.3 Å². The van der Waals surface area contributed by atoms with Crippen LogP contribution in [0.25, 0.3) is 10.6 Å². The van der Waals surface area contributed by atoms with E-state index < -0.39 is 0 Å². The van der Waals surface area contributed by atoms with Crippen LogP contribution in [0.5, 0.6) is 5.75 Å². The van der Waals surface area contributed by atoms with Crippen LogP contribution in [0.3, 0.4) is 0 Å². The molecule has 0 radical (unpaired) electrons. The molecule has 1 aromatic heterocycles. The molecule has 2 aromatic rings. The van der Waals surface area contributed by atoms with Crippen molar-refractivity contribution >= 4 is 33.1 Å². The first kappa shape index (κ1) is 12.4. The zero-order valence-electron chi connectivity index (χ0n) is 9.87. The average Bonchev–Trinajstić information content (AvgIpc) is 2.57. The van der Waals surface area contributed by atoms with Gasteiger partial charge in [0.25, 0.3) is 0 Å². The molecule has 0 bridgehead atoms. The Morgan fingerprint density at radius 3 is 2.59 bits per heavy atom. The molecule has 2 rings (SSSR count). The Hall–Kier alpha value is -1.07. The van der Waals surface area contributed by atoms with Gasteiger partial charge in [0.2, 0.25) is 0 Å². The van der Waals surface area contributed by atoms with Crippen LogP contribution in [0.15, 0.2) is 15.9 Å². The quantitative estimate of drug-likeness (QED) is 0.918. The van der Waals surface area contributed by atoms with Gasteiger partial charge in [0, 0.05) is 0 Å². The van der Waals surface area contributed by atoms with Crippen LogP contribution in [-0.2, 0) is 0 Å². The van der Waals surface area contributed by atoms with Crippen molar-refractivity contribution in [3.05, 3.63) is 27.0 Å². The first-order valence-corrected chi connectivity index (χ1v) is 6.71. The second kappa shape index (κ2) is 4.66. The highest BCUT2D eigenvalue weighted by molar-refractivity contribution is 9.11. The summed E-state index contributed by atoms with van der Waals surface area (Å²) in [5, 5.41) is 0.878. The Morgan fingerprint density at radius 2 is 2.06 bits per heavy atom. The SMILES string of the molecule is COc1cc(C)cc(C)c1-c1nc(N)c(Br)s1. The molecule has 0 atom stereocenters. The lowest BCUT2D eigenvalue weighted by atomic mass is 10.0. The molecule has 0 spiro atoms. The van der Waals surface area contributed by atoms with E-state index in [1.807, 2.05) is 13.0 Å². The second-order valence-corrected chi connectivity index (χ2v) is 6.15. The average molecular weight is 313 g/mol. The lowest BCUT2D eigenvalue weighted by Crippen LogP contribution is -1.93. The summed E-state index contributed by atoms with van der Waals surface area (Å²) in [4.78, 5) is 4.35. The molecule has 90 valence electrons. The van der Waals surface area contributed by atoms with Crippen molar-refractivity contribution in [1.82, 2.24) is 4.98 Å². The van der Waals surface area contributed by atoms with Crippen LogP contribution in [0.1, 0.15) is 11.1 Å². The number of rotatable bonds is 2. The molecule has 0 amide bonds. The standard InChI is InChI=1S/C12H13BrN2OS/c1-6-4-7(2)9(8(5-6)16-3)12-15-11(14)10(13)17-12/h4-5H,14H2,1-3H3. The Kier molecular flexibility index (Phi) is 3.40. The summed E-state index contributed by atoms with van der Waals surface area (Å²) in [5.41, 5.74) is 9.09. The number of thiazole rings is 1. The predicted molar refractivity (Wildman–Crippen MR) is 75.7 cm³/mol.